The number of carbonyl (C=O) groups excluding carboxylic acids is 1. The predicted octanol–water partition coefficient (Wildman–Crippen LogP) is 6.60. The summed E-state index contributed by atoms with van der Waals surface area (Å²) in [4.78, 5) is 12.8. The molecule has 0 fully saturated rings. The number of amides is 1. The second-order valence-electron chi connectivity index (χ2n) is 7.44. The molecule has 0 aliphatic heterocycles. The third-order valence-corrected chi connectivity index (χ3v) is 7.68. The Labute approximate surface area is 194 Å². The lowest BCUT2D eigenvalue weighted by molar-refractivity contribution is -0.117. The standard InChI is InChI=1S/C26H28N2OS2/c27-18-24(25(29)28-17-16-21-10-4-1-5-11-21)26(30-19-22-12-6-2-7-13-22)31-20-23-14-8-3-9-15-23/h2-3,6-10,12-15H,1,4-5,11,16-17,19-20H2,(H,28,29). The van der Waals surface area contributed by atoms with Crippen LogP contribution in [0.15, 0.2) is 82.1 Å². The van der Waals surface area contributed by atoms with Gasteiger partial charge in [-0.05, 0) is 43.2 Å². The Hall–Kier alpha value is -2.42. The molecule has 0 saturated heterocycles. The van der Waals surface area contributed by atoms with Gasteiger partial charge in [0.15, 0.2) is 0 Å². The number of nitrogens with zero attached hydrogens (tertiary/aromatic N) is 1. The number of benzene rings is 2. The molecule has 31 heavy (non-hydrogen) atoms. The lowest BCUT2D eigenvalue weighted by Gasteiger charge is -2.14. The molecule has 3 nitrogen and oxygen atoms in total. The number of nitrogens with one attached hydrogen (secondary N) is 1. The lowest BCUT2D eigenvalue weighted by atomic mass is 9.97. The van der Waals surface area contributed by atoms with Crippen LogP contribution in [0.4, 0.5) is 0 Å². The van der Waals surface area contributed by atoms with Gasteiger partial charge in [0.05, 0.1) is 4.24 Å². The largest absolute Gasteiger partial charge is 0.351 e. The molecule has 2 aromatic rings. The first-order valence-electron chi connectivity index (χ1n) is 10.7. The maximum Gasteiger partial charge on any atom is 0.263 e. The summed E-state index contributed by atoms with van der Waals surface area (Å²) < 4.78 is 0.782. The Morgan fingerprint density at radius 2 is 1.55 bits per heavy atom. The van der Waals surface area contributed by atoms with Gasteiger partial charge in [-0.1, -0.05) is 72.3 Å². The highest BCUT2D eigenvalue weighted by Crippen LogP contribution is 2.36. The topological polar surface area (TPSA) is 52.9 Å². The fraction of sp³-hybridized carbons (Fsp3) is 0.308. The van der Waals surface area contributed by atoms with Crippen molar-refractivity contribution in [1.82, 2.24) is 5.32 Å². The number of hydrogen-bond acceptors (Lipinski definition) is 4. The van der Waals surface area contributed by atoms with E-state index in [-0.39, 0.29) is 11.5 Å². The molecule has 0 atom stereocenters. The number of thioether (sulfide) groups is 2. The summed E-state index contributed by atoms with van der Waals surface area (Å²) in [5, 5.41) is 12.8. The average molecular weight is 449 g/mol. The fourth-order valence-electron chi connectivity index (χ4n) is 3.38. The highest BCUT2D eigenvalue weighted by atomic mass is 32.2. The van der Waals surface area contributed by atoms with E-state index < -0.39 is 0 Å². The fourth-order valence-corrected chi connectivity index (χ4v) is 5.61. The zero-order chi connectivity index (χ0) is 21.7. The minimum absolute atomic E-state index is 0.222. The molecule has 0 aromatic heterocycles. The summed E-state index contributed by atoms with van der Waals surface area (Å²) in [7, 11) is 0. The molecule has 0 bridgehead atoms. The van der Waals surface area contributed by atoms with Crippen LogP contribution in [0, 0.1) is 11.3 Å². The number of nitriles is 1. The maximum atomic E-state index is 12.8. The van der Waals surface area contributed by atoms with E-state index in [1.54, 1.807) is 23.5 Å². The molecule has 2 aromatic carbocycles. The summed E-state index contributed by atoms with van der Waals surface area (Å²) >= 11 is 3.13. The van der Waals surface area contributed by atoms with Crippen LogP contribution in [0.5, 0.6) is 0 Å². The van der Waals surface area contributed by atoms with E-state index in [0.717, 1.165) is 35.0 Å². The van der Waals surface area contributed by atoms with Gasteiger partial charge in [0.2, 0.25) is 0 Å². The summed E-state index contributed by atoms with van der Waals surface area (Å²) in [5.41, 5.74) is 3.99. The minimum atomic E-state index is -0.268. The minimum Gasteiger partial charge on any atom is -0.351 e. The lowest BCUT2D eigenvalue weighted by Crippen LogP contribution is -2.26. The Morgan fingerprint density at radius 3 is 2.06 bits per heavy atom. The van der Waals surface area contributed by atoms with Crippen LogP contribution in [0.3, 0.4) is 0 Å². The van der Waals surface area contributed by atoms with Crippen molar-refractivity contribution >= 4 is 29.4 Å². The van der Waals surface area contributed by atoms with Gasteiger partial charge in [-0.15, -0.1) is 23.5 Å². The van der Waals surface area contributed by atoms with Crippen LogP contribution in [0.1, 0.15) is 43.2 Å². The smallest absolute Gasteiger partial charge is 0.263 e. The van der Waals surface area contributed by atoms with Gasteiger partial charge in [0.25, 0.3) is 5.91 Å². The molecule has 1 amide bonds. The molecule has 5 heteroatoms. The number of carbonyl (C=O) groups is 1. The van der Waals surface area contributed by atoms with Gasteiger partial charge in [0, 0.05) is 18.1 Å². The first-order valence-corrected chi connectivity index (χ1v) is 12.7. The van der Waals surface area contributed by atoms with Gasteiger partial charge < -0.3 is 5.32 Å². The quantitative estimate of drug-likeness (QED) is 0.253. The molecular weight excluding hydrogens is 420 g/mol. The molecule has 3 rings (SSSR count). The Balaban J connectivity index is 1.67. The van der Waals surface area contributed by atoms with Crippen LogP contribution < -0.4 is 5.32 Å². The van der Waals surface area contributed by atoms with Gasteiger partial charge in [-0.25, -0.2) is 0 Å². The highest BCUT2D eigenvalue weighted by Gasteiger charge is 2.17. The Bertz CT molecular complexity index is 901. The molecule has 1 aliphatic rings. The molecule has 0 radical (unpaired) electrons. The van der Waals surface area contributed by atoms with Crippen molar-refractivity contribution in [2.24, 2.45) is 0 Å². The van der Waals surface area contributed by atoms with Crippen molar-refractivity contribution in [3.8, 4) is 6.07 Å². The van der Waals surface area contributed by atoms with Crippen LogP contribution in [-0.4, -0.2) is 12.5 Å². The highest BCUT2D eigenvalue weighted by molar-refractivity contribution is 8.21. The normalized spacial score (nSPS) is 13.1. The second-order valence-corrected chi connectivity index (χ2v) is 9.67. The molecule has 1 aliphatic carbocycles. The predicted molar refractivity (Wildman–Crippen MR) is 132 cm³/mol. The zero-order valence-corrected chi connectivity index (χ0v) is 19.3. The van der Waals surface area contributed by atoms with Crippen molar-refractivity contribution in [2.45, 2.75) is 43.6 Å². The third kappa shape index (κ3) is 7.97. The van der Waals surface area contributed by atoms with Crippen molar-refractivity contribution < 1.29 is 4.79 Å². The monoisotopic (exact) mass is 448 g/mol. The van der Waals surface area contributed by atoms with E-state index in [4.69, 9.17) is 0 Å². The van der Waals surface area contributed by atoms with Gasteiger partial charge >= 0.3 is 0 Å². The zero-order valence-electron chi connectivity index (χ0n) is 17.7. The van der Waals surface area contributed by atoms with E-state index in [0.29, 0.717) is 6.54 Å². The number of hydrogen-bond donors (Lipinski definition) is 1. The van der Waals surface area contributed by atoms with Crippen LogP contribution in [0.25, 0.3) is 0 Å². The molecule has 0 saturated carbocycles. The van der Waals surface area contributed by atoms with E-state index in [2.05, 4.69) is 41.7 Å². The summed E-state index contributed by atoms with van der Waals surface area (Å²) in [6.07, 6.45) is 7.93. The SMILES string of the molecule is N#CC(C(=O)NCCC1=CCCCC1)=C(SCc1ccccc1)SCc1ccccc1. The maximum absolute atomic E-state index is 12.8. The number of rotatable bonds is 10. The van der Waals surface area contributed by atoms with Gasteiger partial charge in [0.1, 0.15) is 11.6 Å². The van der Waals surface area contributed by atoms with Crippen LogP contribution in [-0.2, 0) is 16.3 Å². The molecule has 1 N–H and O–H groups in total. The van der Waals surface area contributed by atoms with Gasteiger partial charge in [-0.2, -0.15) is 5.26 Å². The molecule has 0 heterocycles. The second kappa shape index (κ2) is 13.1. The molecular formula is C26H28N2OS2. The first kappa shape index (κ1) is 23.2. The number of allylic oxidation sites excluding steroid dienone is 1. The molecule has 0 spiro atoms. The van der Waals surface area contributed by atoms with Gasteiger partial charge in [-0.3, -0.25) is 4.79 Å². The van der Waals surface area contributed by atoms with E-state index in [9.17, 15) is 10.1 Å². The molecule has 0 unspecified atom stereocenters. The summed E-state index contributed by atoms with van der Waals surface area (Å²) in [6, 6.07) is 22.5. The first-order chi connectivity index (χ1) is 15.3. The van der Waals surface area contributed by atoms with E-state index >= 15 is 0 Å². The van der Waals surface area contributed by atoms with E-state index in [1.165, 1.54) is 29.5 Å². The third-order valence-electron chi connectivity index (χ3n) is 5.09. The Morgan fingerprint density at radius 1 is 0.935 bits per heavy atom. The van der Waals surface area contributed by atoms with Crippen molar-refractivity contribution in [2.75, 3.05) is 6.54 Å². The summed E-state index contributed by atoms with van der Waals surface area (Å²) in [5.74, 6) is 1.18. The molecule has 160 valence electrons. The van der Waals surface area contributed by atoms with Crippen molar-refractivity contribution in [3.05, 3.63) is 93.2 Å². The summed E-state index contributed by atoms with van der Waals surface area (Å²) in [6.45, 7) is 0.579. The van der Waals surface area contributed by atoms with Crippen LogP contribution >= 0.6 is 23.5 Å². The van der Waals surface area contributed by atoms with Crippen LogP contribution in [0.2, 0.25) is 0 Å². The Kier molecular flexibility index (Phi) is 9.82. The van der Waals surface area contributed by atoms with Crippen molar-refractivity contribution in [3.63, 3.8) is 0 Å². The van der Waals surface area contributed by atoms with E-state index in [1.807, 2.05) is 36.4 Å². The van der Waals surface area contributed by atoms with Crippen molar-refractivity contribution in [1.29, 1.82) is 5.26 Å². The average Bonchev–Trinajstić information content (AvgIpc) is 2.83.